The Labute approximate surface area is 110 Å². The minimum absolute atomic E-state index is 0.186. The summed E-state index contributed by atoms with van der Waals surface area (Å²) in [7, 11) is 0. The van der Waals surface area contributed by atoms with Crippen molar-refractivity contribution in [2.75, 3.05) is 31.5 Å². The highest BCUT2D eigenvalue weighted by Gasteiger charge is 2.10. The Hall–Kier alpha value is -0.610. The van der Waals surface area contributed by atoms with Gasteiger partial charge < -0.3 is 10.2 Å². The molecule has 1 aliphatic rings. The summed E-state index contributed by atoms with van der Waals surface area (Å²) in [4.78, 5) is 2.47. The van der Waals surface area contributed by atoms with Gasteiger partial charge in [0.25, 0.3) is 0 Å². The van der Waals surface area contributed by atoms with Gasteiger partial charge in [-0.2, -0.15) is 0 Å². The lowest BCUT2D eigenvalue weighted by Gasteiger charge is -2.14. The molecule has 0 unspecified atom stereocenters. The number of benzene rings is 1. The van der Waals surface area contributed by atoms with Crippen LogP contribution in [-0.4, -0.2) is 31.1 Å². The molecule has 0 aliphatic carbocycles. The summed E-state index contributed by atoms with van der Waals surface area (Å²) < 4.78 is 14.3. The molecule has 0 saturated carbocycles. The molecule has 0 radical (unpaired) electrons. The third-order valence-corrected chi connectivity index (χ3v) is 3.59. The van der Waals surface area contributed by atoms with E-state index in [1.54, 1.807) is 12.1 Å². The van der Waals surface area contributed by atoms with Gasteiger partial charge in [-0.05, 0) is 57.1 Å². The zero-order valence-electron chi connectivity index (χ0n) is 9.88. The van der Waals surface area contributed by atoms with Gasteiger partial charge in [0, 0.05) is 11.0 Å². The molecule has 0 amide bonds. The van der Waals surface area contributed by atoms with Gasteiger partial charge in [0.1, 0.15) is 5.82 Å². The fraction of sp³-hybridized carbons (Fsp3) is 0.538. The van der Waals surface area contributed by atoms with E-state index in [0.29, 0.717) is 5.69 Å². The van der Waals surface area contributed by atoms with Gasteiger partial charge in [-0.3, -0.25) is 0 Å². The highest BCUT2D eigenvalue weighted by Crippen LogP contribution is 2.19. The van der Waals surface area contributed by atoms with Gasteiger partial charge in [-0.15, -0.1) is 0 Å². The minimum atomic E-state index is -0.186. The molecule has 17 heavy (non-hydrogen) atoms. The predicted octanol–water partition coefficient (Wildman–Crippen LogP) is 3.49. The zero-order chi connectivity index (χ0) is 12.1. The second-order valence-electron chi connectivity index (χ2n) is 4.45. The summed E-state index contributed by atoms with van der Waals surface area (Å²) in [5.41, 5.74) is 0.584. The Morgan fingerprint density at radius 3 is 2.82 bits per heavy atom. The number of nitrogens with one attached hydrogen (secondary N) is 1. The van der Waals surface area contributed by atoms with E-state index < -0.39 is 0 Å². The lowest BCUT2D eigenvalue weighted by Crippen LogP contribution is -2.22. The molecule has 1 heterocycles. The maximum Gasteiger partial charge on any atom is 0.146 e. The monoisotopic (exact) mass is 300 g/mol. The number of anilines is 1. The van der Waals surface area contributed by atoms with E-state index in [9.17, 15) is 4.39 Å². The average molecular weight is 301 g/mol. The standard InChI is InChI=1S/C13H18BrFN2/c14-11-4-5-12(15)13(10-11)16-6-3-9-17-7-1-2-8-17/h4-5,10,16H,1-3,6-9H2. The topological polar surface area (TPSA) is 15.3 Å². The number of rotatable bonds is 5. The smallest absolute Gasteiger partial charge is 0.146 e. The lowest BCUT2D eigenvalue weighted by atomic mass is 10.3. The maximum atomic E-state index is 13.4. The van der Waals surface area contributed by atoms with Crippen molar-refractivity contribution in [1.82, 2.24) is 4.90 Å². The van der Waals surface area contributed by atoms with Crippen LogP contribution >= 0.6 is 15.9 Å². The van der Waals surface area contributed by atoms with Crippen LogP contribution in [0.2, 0.25) is 0 Å². The second-order valence-corrected chi connectivity index (χ2v) is 5.37. The van der Waals surface area contributed by atoms with Crippen LogP contribution in [0.15, 0.2) is 22.7 Å². The molecule has 0 atom stereocenters. The Morgan fingerprint density at radius 2 is 2.06 bits per heavy atom. The fourth-order valence-corrected chi connectivity index (χ4v) is 2.53. The van der Waals surface area contributed by atoms with E-state index in [2.05, 4.69) is 26.1 Å². The van der Waals surface area contributed by atoms with Gasteiger partial charge in [0.15, 0.2) is 0 Å². The van der Waals surface area contributed by atoms with Crippen molar-refractivity contribution in [3.05, 3.63) is 28.5 Å². The van der Waals surface area contributed by atoms with E-state index in [0.717, 1.165) is 24.0 Å². The number of likely N-dealkylation sites (tertiary alicyclic amines) is 1. The second kappa shape index (κ2) is 6.36. The molecule has 1 N–H and O–H groups in total. The van der Waals surface area contributed by atoms with Gasteiger partial charge in [-0.25, -0.2) is 4.39 Å². The molecule has 4 heteroatoms. The van der Waals surface area contributed by atoms with Crippen LogP contribution in [0.25, 0.3) is 0 Å². The lowest BCUT2D eigenvalue weighted by molar-refractivity contribution is 0.337. The third-order valence-electron chi connectivity index (χ3n) is 3.09. The van der Waals surface area contributed by atoms with E-state index in [4.69, 9.17) is 0 Å². The van der Waals surface area contributed by atoms with Crippen molar-refractivity contribution in [2.45, 2.75) is 19.3 Å². The van der Waals surface area contributed by atoms with Gasteiger partial charge in [-0.1, -0.05) is 15.9 Å². The summed E-state index contributed by atoms with van der Waals surface area (Å²) in [5, 5.41) is 3.15. The molecular weight excluding hydrogens is 283 g/mol. The number of hydrogen-bond acceptors (Lipinski definition) is 2. The van der Waals surface area contributed by atoms with Crippen LogP contribution in [0.3, 0.4) is 0 Å². The van der Waals surface area contributed by atoms with Gasteiger partial charge in [0.05, 0.1) is 5.69 Å². The normalized spacial score (nSPS) is 16.4. The molecule has 0 aromatic heterocycles. The molecule has 1 saturated heterocycles. The molecule has 1 fully saturated rings. The molecule has 1 aliphatic heterocycles. The number of hydrogen-bond donors (Lipinski definition) is 1. The van der Waals surface area contributed by atoms with Gasteiger partial charge in [0.2, 0.25) is 0 Å². The van der Waals surface area contributed by atoms with E-state index in [1.807, 2.05) is 0 Å². The molecule has 2 rings (SSSR count). The first-order valence-corrected chi connectivity index (χ1v) is 6.96. The quantitative estimate of drug-likeness (QED) is 0.838. The molecular formula is C13H18BrFN2. The van der Waals surface area contributed by atoms with Crippen LogP contribution in [0.4, 0.5) is 10.1 Å². The predicted molar refractivity (Wildman–Crippen MR) is 72.9 cm³/mol. The van der Waals surface area contributed by atoms with Crippen LogP contribution in [0.1, 0.15) is 19.3 Å². The Balaban J connectivity index is 1.72. The van der Waals surface area contributed by atoms with E-state index in [1.165, 1.54) is 32.0 Å². The first-order chi connectivity index (χ1) is 8.25. The molecule has 0 spiro atoms. The zero-order valence-corrected chi connectivity index (χ0v) is 11.5. The van der Waals surface area contributed by atoms with Crippen LogP contribution in [0.5, 0.6) is 0 Å². The van der Waals surface area contributed by atoms with Crippen molar-refractivity contribution in [3.63, 3.8) is 0 Å². The van der Waals surface area contributed by atoms with Crippen molar-refractivity contribution in [1.29, 1.82) is 0 Å². The Morgan fingerprint density at radius 1 is 1.29 bits per heavy atom. The van der Waals surface area contributed by atoms with Crippen molar-refractivity contribution < 1.29 is 4.39 Å². The number of halogens is 2. The summed E-state index contributed by atoms with van der Waals surface area (Å²) >= 11 is 3.34. The first kappa shape index (κ1) is 12.8. The van der Waals surface area contributed by atoms with Crippen LogP contribution in [-0.2, 0) is 0 Å². The third kappa shape index (κ3) is 3.96. The number of nitrogens with zero attached hydrogens (tertiary/aromatic N) is 1. The van der Waals surface area contributed by atoms with E-state index >= 15 is 0 Å². The highest BCUT2D eigenvalue weighted by molar-refractivity contribution is 9.10. The fourth-order valence-electron chi connectivity index (χ4n) is 2.16. The molecule has 2 nitrogen and oxygen atoms in total. The van der Waals surface area contributed by atoms with Crippen molar-refractivity contribution in [3.8, 4) is 0 Å². The first-order valence-electron chi connectivity index (χ1n) is 6.17. The molecule has 94 valence electrons. The molecule has 0 bridgehead atoms. The maximum absolute atomic E-state index is 13.4. The largest absolute Gasteiger partial charge is 0.383 e. The summed E-state index contributed by atoms with van der Waals surface area (Å²) in [6, 6.07) is 4.98. The van der Waals surface area contributed by atoms with E-state index in [-0.39, 0.29) is 5.82 Å². The average Bonchev–Trinajstić information content (AvgIpc) is 2.82. The molecule has 1 aromatic rings. The molecule has 1 aromatic carbocycles. The van der Waals surface area contributed by atoms with Crippen molar-refractivity contribution in [2.24, 2.45) is 0 Å². The Kier molecular flexibility index (Phi) is 4.80. The van der Waals surface area contributed by atoms with Gasteiger partial charge >= 0.3 is 0 Å². The summed E-state index contributed by atoms with van der Waals surface area (Å²) in [6.07, 6.45) is 3.72. The van der Waals surface area contributed by atoms with Crippen LogP contribution < -0.4 is 5.32 Å². The summed E-state index contributed by atoms with van der Waals surface area (Å²) in [6.45, 7) is 4.39. The SMILES string of the molecule is Fc1ccc(Br)cc1NCCCN1CCCC1. The Bertz CT molecular complexity index is 364. The van der Waals surface area contributed by atoms with Crippen LogP contribution in [0, 0.1) is 5.82 Å². The summed E-state index contributed by atoms with van der Waals surface area (Å²) in [5.74, 6) is -0.186. The highest BCUT2D eigenvalue weighted by atomic mass is 79.9. The van der Waals surface area contributed by atoms with Crippen molar-refractivity contribution >= 4 is 21.6 Å². The minimum Gasteiger partial charge on any atom is -0.383 e.